The second-order valence-corrected chi connectivity index (χ2v) is 9.51. The third-order valence-electron chi connectivity index (χ3n) is 5.60. The van der Waals surface area contributed by atoms with Crippen LogP contribution in [0, 0.1) is 11.3 Å². The zero-order valence-corrected chi connectivity index (χ0v) is 22.1. The van der Waals surface area contributed by atoms with Gasteiger partial charge >= 0.3 is 5.97 Å². The van der Waals surface area contributed by atoms with Crippen LogP contribution in [0.15, 0.2) is 41.8 Å². The van der Waals surface area contributed by atoms with Gasteiger partial charge < -0.3 is 24.8 Å². The summed E-state index contributed by atoms with van der Waals surface area (Å²) in [6, 6.07) is 7.37. The van der Waals surface area contributed by atoms with Crippen molar-refractivity contribution in [2.24, 2.45) is 0 Å². The number of nitrogens with one attached hydrogen (secondary N) is 2. The number of rotatable bonds is 10. The van der Waals surface area contributed by atoms with Gasteiger partial charge in [-0.05, 0) is 39.2 Å². The van der Waals surface area contributed by atoms with Crippen LogP contribution in [0.3, 0.4) is 0 Å². The lowest BCUT2D eigenvalue weighted by Gasteiger charge is -2.19. The Balaban J connectivity index is 1.96. The molecule has 0 radical (unpaired) electrons. The Bertz CT molecular complexity index is 1540. The van der Waals surface area contributed by atoms with Crippen LogP contribution in [0.1, 0.15) is 17.3 Å². The molecule has 0 spiro atoms. The van der Waals surface area contributed by atoms with Gasteiger partial charge in [0.1, 0.15) is 21.9 Å². The first-order valence-corrected chi connectivity index (χ1v) is 12.4. The van der Waals surface area contributed by atoms with Crippen molar-refractivity contribution < 1.29 is 14.3 Å². The van der Waals surface area contributed by atoms with Crippen molar-refractivity contribution in [3.63, 3.8) is 0 Å². The van der Waals surface area contributed by atoms with Gasteiger partial charge in [-0.15, -0.1) is 11.3 Å². The molecule has 0 saturated heterocycles. The van der Waals surface area contributed by atoms with Crippen LogP contribution < -0.4 is 20.1 Å². The van der Waals surface area contributed by atoms with Crippen molar-refractivity contribution >= 4 is 51.6 Å². The molecule has 194 valence electrons. The van der Waals surface area contributed by atoms with E-state index < -0.39 is 5.97 Å². The number of fused-ring (bicyclic) bond motifs is 1. The summed E-state index contributed by atoms with van der Waals surface area (Å²) in [5.74, 6) is -0.901. The number of hydrogen-bond acceptors (Lipinski definition) is 8. The minimum absolute atomic E-state index is 0.0378. The Hall–Kier alpha value is -4.14. The Morgan fingerprint density at radius 1 is 1.30 bits per heavy atom. The van der Waals surface area contributed by atoms with E-state index in [4.69, 9.17) is 4.74 Å². The summed E-state index contributed by atoms with van der Waals surface area (Å²) in [7, 11) is 5.68. The fraction of sp³-hybridized carbons (Fsp3) is 0.308. The highest BCUT2D eigenvalue weighted by atomic mass is 32.1. The molecule has 0 aliphatic heterocycles. The molecule has 3 aromatic rings. The van der Waals surface area contributed by atoms with Gasteiger partial charge in [0, 0.05) is 55.7 Å². The molecule has 0 fully saturated rings. The Kier molecular flexibility index (Phi) is 9.05. The van der Waals surface area contributed by atoms with E-state index in [1.54, 1.807) is 25.1 Å². The maximum absolute atomic E-state index is 13.0. The SMILES string of the molecule is C=CCOC(=O)/C(C#N)=c1\s/c(=C/Nc2ccc3[nH]cc(C(=O)N(C)CCN(C)C)c3c2)c(=O)n1CC. The third-order valence-corrected chi connectivity index (χ3v) is 6.73. The maximum Gasteiger partial charge on any atom is 0.352 e. The molecule has 1 aromatic carbocycles. The van der Waals surface area contributed by atoms with Gasteiger partial charge in [-0.2, -0.15) is 5.26 Å². The van der Waals surface area contributed by atoms with Gasteiger partial charge in [-0.1, -0.05) is 12.7 Å². The molecule has 2 N–H and O–H groups in total. The van der Waals surface area contributed by atoms with E-state index in [9.17, 15) is 19.6 Å². The lowest BCUT2D eigenvalue weighted by atomic mass is 10.1. The van der Waals surface area contributed by atoms with E-state index in [-0.39, 0.29) is 34.9 Å². The van der Waals surface area contributed by atoms with Gasteiger partial charge in [0.2, 0.25) is 0 Å². The summed E-state index contributed by atoms with van der Waals surface area (Å²) in [6.45, 7) is 6.83. The molecule has 1 amide bonds. The topological polar surface area (TPSA) is 123 Å². The number of hydrogen-bond donors (Lipinski definition) is 2. The van der Waals surface area contributed by atoms with Crippen molar-refractivity contribution in [2.45, 2.75) is 13.5 Å². The number of likely N-dealkylation sites (N-methyl/N-ethyl adjacent to an activating group) is 2. The first-order valence-electron chi connectivity index (χ1n) is 11.6. The molecular formula is C26H30N6O4S. The molecule has 0 atom stereocenters. The molecule has 11 heteroatoms. The van der Waals surface area contributed by atoms with E-state index in [0.29, 0.717) is 22.3 Å². The number of benzene rings is 1. The number of aromatic nitrogens is 2. The molecule has 0 saturated carbocycles. The zero-order valence-electron chi connectivity index (χ0n) is 21.3. The summed E-state index contributed by atoms with van der Waals surface area (Å²) in [5, 5.41) is 13.4. The van der Waals surface area contributed by atoms with Crippen molar-refractivity contribution in [3.8, 4) is 6.07 Å². The number of carbonyl (C=O) groups is 2. The molecule has 0 unspecified atom stereocenters. The van der Waals surface area contributed by atoms with E-state index >= 15 is 0 Å². The second kappa shape index (κ2) is 12.2. The number of nitriles is 1. The van der Waals surface area contributed by atoms with Crippen LogP contribution in [-0.4, -0.2) is 72.1 Å². The van der Waals surface area contributed by atoms with Gasteiger partial charge in [-0.25, -0.2) is 4.79 Å². The normalized spacial score (nSPS) is 12.4. The monoisotopic (exact) mass is 522 g/mol. The molecule has 2 aromatic heterocycles. The molecule has 10 nitrogen and oxygen atoms in total. The van der Waals surface area contributed by atoms with Crippen molar-refractivity contribution in [1.29, 1.82) is 5.26 Å². The quantitative estimate of drug-likeness (QED) is 0.304. The van der Waals surface area contributed by atoms with Gasteiger partial charge in [-0.3, -0.25) is 14.2 Å². The van der Waals surface area contributed by atoms with Crippen LogP contribution in [-0.2, 0) is 16.1 Å². The van der Waals surface area contributed by atoms with Crippen LogP contribution in [0.2, 0.25) is 0 Å². The molecule has 0 bridgehead atoms. The number of esters is 1. The number of thiazole rings is 1. The van der Waals surface area contributed by atoms with E-state index in [2.05, 4.69) is 16.9 Å². The molecule has 2 heterocycles. The molecular weight excluding hydrogens is 492 g/mol. The standard InChI is InChI=1S/C26H30N6O4S/c1-6-12-36-26(35)19(14-27)25-32(7-2)24(34)22(37-25)16-28-17-8-9-21-18(13-17)20(15-29-21)23(33)31(5)11-10-30(3)4/h6,8-9,13,15-16,28-29H,1,7,10-12H2,2-5H3/b22-16+,25-19-. The lowest BCUT2D eigenvalue weighted by Crippen LogP contribution is -2.33. The lowest BCUT2D eigenvalue weighted by molar-refractivity contribution is -0.135. The number of amides is 1. The summed E-state index contributed by atoms with van der Waals surface area (Å²) >= 11 is 1.02. The van der Waals surface area contributed by atoms with E-state index in [0.717, 1.165) is 28.8 Å². The number of aromatic amines is 1. The fourth-order valence-electron chi connectivity index (χ4n) is 3.57. The Morgan fingerprint density at radius 3 is 2.70 bits per heavy atom. The maximum atomic E-state index is 13.0. The van der Waals surface area contributed by atoms with Crippen LogP contribution >= 0.6 is 11.3 Å². The van der Waals surface area contributed by atoms with Gasteiger partial charge in [0.05, 0.1) is 5.56 Å². The number of anilines is 1. The van der Waals surface area contributed by atoms with Crippen LogP contribution in [0.4, 0.5) is 5.69 Å². The van der Waals surface area contributed by atoms with Crippen molar-refractivity contribution in [2.75, 3.05) is 46.2 Å². The predicted molar refractivity (Wildman–Crippen MR) is 146 cm³/mol. The average Bonchev–Trinajstić information content (AvgIpc) is 3.44. The smallest absolute Gasteiger partial charge is 0.352 e. The van der Waals surface area contributed by atoms with E-state index in [1.165, 1.54) is 16.8 Å². The molecule has 0 aliphatic carbocycles. The van der Waals surface area contributed by atoms with Crippen molar-refractivity contribution in [3.05, 3.63) is 62.2 Å². The second-order valence-electron chi connectivity index (χ2n) is 8.48. The first kappa shape index (κ1) is 27.4. The number of nitrogens with zero attached hydrogens (tertiary/aromatic N) is 4. The fourth-order valence-corrected chi connectivity index (χ4v) is 4.65. The zero-order chi connectivity index (χ0) is 27.1. The molecule has 0 aliphatic rings. The highest BCUT2D eigenvalue weighted by molar-refractivity contribution is 7.07. The summed E-state index contributed by atoms with van der Waals surface area (Å²) in [5.41, 5.74) is 1.47. The average molecular weight is 523 g/mol. The highest BCUT2D eigenvalue weighted by Crippen LogP contribution is 2.23. The Labute approximate surface area is 218 Å². The summed E-state index contributed by atoms with van der Waals surface area (Å²) < 4.78 is 6.90. The minimum atomic E-state index is -0.809. The number of carbonyl (C=O) groups excluding carboxylic acids is 2. The minimum Gasteiger partial charge on any atom is -0.457 e. The van der Waals surface area contributed by atoms with Crippen molar-refractivity contribution in [1.82, 2.24) is 19.4 Å². The largest absolute Gasteiger partial charge is 0.457 e. The van der Waals surface area contributed by atoms with Gasteiger partial charge in [0.25, 0.3) is 11.5 Å². The van der Waals surface area contributed by atoms with Crippen LogP contribution in [0.25, 0.3) is 22.7 Å². The van der Waals surface area contributed by atoms with Gasteiger partial charge in [0.15, 0.2) is 5.57 Å². The predicted octanol–water partition coefficient (Wildman–Crippen LogP) is 1.30. The highest BCUT2D eigenvalue weighted by Gasteiger charge is 2.18. The Morgan fingerprint density at radius 2 is 2.05 bits per heavy atom. The summed E-state index contributed by atoms with van der Waals surface area (Å²) in [4.78, 5) is 45.1. The summed E-state index contributed by atoms with van der Waals surface area (Å²) in [6.07, 6.45) is 4.63. The molecule has 37 heavy (non-hydrogen) atoms. The van der Waals surface area contributed by atoms with E-state index in [1.807, 2.05) is 43.3 Å². The first-order chi connectivity index (χ1) is 17.7. The number of ether oxygens (including phenoxy) is 1. The third kappa shape index (κ3) is 6.17. The number of H-pyrrole nitrogens is 1. The molecule has 3 rings (SSSR count). The van der Waals surface area contributed by atoms with Crippen LogP contribution in [0.5, 0.6) is 0 Å².